The molecule has 1 fully saturated rings. The normalized spacial score (nSPS) is 18.3. The van der Waals surface area contributed by atoms with Crippen molar-refractivity contribution >= 4 is 9.84 Å². The monoisotopic (exact) mass is 273 g/mol. The average Bonchev–Trinajstić information content (AvgIpc) is 2.22. The fraction of sp³-hybridized carbons (Fsp3) is 0.500. The van der Waals surface area contributed by atoms with Gasteiger partial charge in [-0.25, -0.2) is 12.8 Å². The lowest BCUT2D eigenvalue weighted by Crippen LogP contribution is -2.63. The van der Waals surface area contributed by atoms with Gasteiger partial charge in [-0.2, -0.15) is 0 Å². The maximum Gasteiger partial charge on any atom is 0.149 e. The van der Waals surface area contributed by atoms with Gasteiger partial charge in [0, 0.05) is 12.8 Å². The third kappa shape index (κ3) is 3.51. The Labute approximate surface area is 106 Å². The summed E-state index contributed by atoms with van der Waals surface area (Å²) in [6.45, 7) is 1.28. The van der Waals surface area contributed by atoms with E-state index in [-0.39, 0.29) is 11.6 Å². The highest BCUT2D eigenvalue weighted by atomic mass is 32.2. The second-order valence-corrected chi connectivity index (χ2v) is 6.96. The summed E-state index contributed by atoms with van der Waals surface area (Å²) < 4.78 is 40.5. The first-order valence-corrected chi connectivity index (χ1v) is 7.70. The minimum Gasteiger partial charge on any atom is -0.377 e. The average molecular weight is 273 g/mol. The van der Waals surface area contributed by atoms with Crippen molar-refractivity contribution in [3.05, 3.63) is 35.6 Å². The van der Waals surface area contributed by atoms with Crippen LogP contribution in [-0.4, -0.2) is 39.2 Å². The minimum absolute atomic E-state index is 0.0567. The first-order valence-electron chi connectivity index (χ1n) is 5.64. The number of ether oxygens (including phenoxy) is 1. The van der Waals surface area contributed by atoms with Crippen LogP contribution in [0.25, 0.3) is 0 Å². The predicted molar refractivity (Wildman–Crippen MR) is 66.5 cm³/mol. The van der Waals surface area contributed by atoms with E-state index in [0.717, 1.165) is 5.56 Å². The van der Waals surface area contributed by atoms with Gasteiger partial charge in [0.05, 0.1) is 24.5 Å². The molecule has 1 N–H and O–H groups in total. The van der Waals surface area contributed by atoms with E-state index < -0.39 is 15.4 Å². The molecule has 0 saturated carbocycles. The third-order valence-corrected chi connectivity index (χ3v) is 3.95. The van der Waals surface area contributed by atoms with Crippen molar-refractivity contribution < 1.29 is 17.5 Å². The Morgan fingerprint density at radius 2 is 1.94 bits per heavy atom. The van der Waals surface area contributed by atoms with Crippen molar-refractivity contribution in [2.24, 2.45) is 0 Å². The van der Waals surface area contributed by atoms with Gasteiger partial charge in [0.15, 0.2) is 0 Å². The summed E-state index contributed by atoms with van der Waals surface area (Å²) in [6.07, 6.45) is 1.21. The second-order valence-electron chi connectivity index (χ2n) is 4.82. The van der Waals surface area contributed by atoms with Crippen LogP contribution >= 0.6 is 0 Å². The minimum atomic E-state index is -3.06. The van der Waals surface area contributed by atoms with Gasteiger partial charge in [-0.15, -0.1) is 0 Å². The molecule has 0 bridgehead atoms. The first kappa shape index (κ1) is 13.5. The molecule has 1 heterocycles. The van der Waals surface area contributed by atoms with Crippen molar-refractivity contribution in [3.63, 3.8) is 0 Å². The Balaban J connectivity index is 1.97. The zero-order valence-corrected chi connectivity index (χ0v) is 11.0. The molecular weight excluding hydrogens is 257 g/mol. The van der Waals surface area contributed by atoms with Crippen LogP contribution in [0.1, 0.15) is 5.56 Å². The molecule has 1 aromatic carbocycles. The fourth-order valence-corrected chi connectivity index (χ4v) is 3.25. The zero-order valence-electron chi connectivity index (χ0n) is 10.1. The number of benzene rings is 1. The van der Waals surface area contributed by atoms with Gasteiger partial charge in [0.2, 0.25) is 0 Å². The van der Waals surface area contributed by atoms with Gasteiger partial charge in [-0.3, -0.25) is 0 Å². The lowest BCUT2D eigenvalue weighted by atomic mass is 10.00. The summed E-state index contributed by atoms with van der Waals surface area (Å²) in [6, 6.07) is 6.13. The van der Waals surface area contributed by atoms with Crippen LogP contribution in [0.5, 0.6) is 0 Å². The molecular formula is C12H16FNO3S. The van der Waals surface area contributed by atoms with E-state index in [2.05, 4.69) is 5.32 Å². The van der Waals surface area contributed by atoms with Crippen LogP contribution in [0.2, 0.25) is 0 Å². The lowest BCUT2D eigenvalue weighted by Gasteiger charge is -2.41. The van der Waals surface area contributed by atoms with Gasteiger partial charge in [0.1, 0.15) is 15.7 Å². The summed E-state index contributed by atoms with van der Waals surface area (Å²) in [4.78, 5) is 0. The molecule has 0 unspecified atom stereocenters. The van der Waals surface area contributed by atoms with E-state index in [1.54, 1.807) is 12.1 Å². The van der Waals surface area contributed by atoms with E-state index in [4.69, 9.17) is 4.74 Å². The van der Waals surface area contributed by atoms with Gasteiger partial charge in [-0.05, 0) is 17.7 Å². The molecule has 1 aliphatic rings. The fourth-order valence-electron chi connectivity index (χ4n) is 1.98. The molecule has 0 amide bonds. The van der Waals surface area contributed by atoms with E-state index >= 15 is 0 Å². The molecule has 100 valence electrons. The van der Waals surface area contributed by atoms with Crippen LogP contribution in [0, 0.1) is 5.82 Å². The Morgan fingerprint density at radius 1 is 1.33 bits per heavy atom. The molecule has 1 aliphatic heterocycles. The smallest absolute Gasteiger partial charge is 0.149 e. The molecule has 0 aromatic heterocycles. The van der Waals surface area contributed by atoms with E-state index in [1.165, 1.54) is 18.4 Å². The molecule has 1 saturated heterocycles. The quantitative estimate of drug-likeness (QED) is 0.859. The van der Waals surface area contributed by atoms with Crippen molar-refractivity contribution in [1.29, 1.82) is 0 Å². The van der Waals surface area contributed by atoms with Crippen molar-refractivity contribution in [3.8, 4) is 0 Å². The van der Waals surface area contributed by atoms with E-state index in [0.29, 0.717) is 19.8 Å². The predicted octanol–water partition coefficient (Wildman–Crippen LogP) is 0.729. The maximum atomic E-state index is 12.7. The molecule has 2 rings (SSSR count). The number of rotatable bonds is 5. The topological polar surface area (TPSA) is 55.4 Å². The standard InChI is InChI=1S/C12H16FNO3S/c1-18(15,16)9-12(7-17-8-12)14-6-10-2-4-11(13)5-3-10/h2-5,14H,6-9H2,1H3. The highest BCUT2D eigenvalue weighted by molar-refractivity contribution is 7.90. The summed E-state index contributed by atoms with van der Waals surface area (Å²) >= 11 is 0. The summed E-state index contributed by atoms with van der Waals surface area (Å²) in [7, 11) is -3.06. The van der Waals surface area contributed by atoms with Gasteiger partial charge in [0.25, 0.3) is 0 Å². The van der Waals surface area contributed by atoms with E-state index in [9.17, 15) is 12.8 Å². The zero-order chi connectivity index (χ0) is 13.2. The van der Waals surface area contributed by atoms with Crippen molar-refractivity contribution in [2.45, 2.75) is 12.1 Å². The number of nitrogens with one attached hydrogen (secondary N) is 1. The molecule has 4 nitrogen and oxygen atoms in total. The molecule has 18 heavy (non-hydrogen) atoms. The molecule has 0 radical (unpaired) electrons. The van der Waals surface area contributed by atoms with Gasteiger partial charge in [-0.1, -0.05) is 12.1 Å². The molecule has 6 heteroatoms. The van der Waals surface area contributed by atoms with Crippen LogP contribution in [-0.2, 0) is 21.1 Å². The number of hydrogen-bond donors (Lipinski definition) is 1. The highest BCUT2D eigenvalue weighted by Crippen LogP contribution is 2.20. The summed E-state index contributed by atoms with van der Waals surface area (Å²) in [5, 5.41) is 3.20. The van der Waals surface area contributed by atoms with Gasteiger partial charge < -0.3 is 10.1 Å². The van der Waals surface area contributed by atoms with Crippen LogP contribution in [0.4, 0.5) is 4.39 Å². The largest absolute Gasteiger partial charge is 0.377 e. The van der Waals surface area contributed by atoms with Crippen molar-refractivity contribution in [1.82, 2.24) is 5.32 Å². The Morgan fingerprint density at radius 3 is 2.39 bits per heavy atom. The van der Waals surface area contributed by atoms with Crippen LogP contribution in [0.15, 0.2) is 24.3 Å². The second kappa shape index (κ2) is 4.95. The van der Waals surface area contributed by atoms with Crippen molar-refractivity contribution in [2.75, 3.05) is 25.2 Å². The molecule has 1 aromatic rings. The van der Waals surface area contributed by atoms with Crippen LogP contribution in [0.3, 0.4) is 0 Å². The Kier molecular flexibility index (Phi) is 3.70. The molecule has 0 spiro atoms. The maximum absolute atomic E-state index is 12.7. The Hall–Kier alpha value is -0.980. The van der Waals surface area contributed by atoms with Gasteiger partial charge >= 0.3 is 0 Å². The SMILES string of the molecule is CS(=O)(=O)CC1(NCc2ccc(F)cc2)COC1. The van der Waals surface area contributed by atoms with E-state index in [1.807, 2.05) is 0 Å². The van der Waals surface area contributed by atoms with Crippen LogP contribution < -0.4 is 5.32 Å². The number of halogens is 1. The molecule has 0 aliphatic carbocycles. The summed E-state index contributed by atoms with van der Waals surface area (Å²) in [5.74, 6) is -0.224. The molecule has 0 atom stereocenters. The highest BCUT2D eigenvalue weighted by Gasteiger charge is 2.40. The number of hydrogen-bond acceptors (Lipinski definition) is 4. The first-order chi connectivity index (χ1) is 8.39. The lowest BCUT2D eigenvalue weighted by molar-refractivity contribution is -0.0629. The Bertz CT molecular complexity index is 509. The number of sulfone groups is 1. The summed E-state index contributed by atoms with van der Waals surface area (Å²) in [5.41, 5.74) is 0.415. The third-order valence-electron chi connectivity index (χ3n) is 2.88.